The highest BCUT2D eigenvalue weighted by atomic mass is 32.1. The summed E-state index contributed by atoms with van der Waals surface area (Å²) in [5.74, 6) is -0.0497. The molecule has 1 aliphatic rings. The Bertz CT molecular complexity index is 676. The van der Waals surface area contributed by atoms with Gasteiger partial charge in [0.1, 0.15) is 10.7 Å². The fourth-order valence-corrected chi connectivity index (χ4v) is 3.08. The minimum atomic E-state index is -0.186. The van der Waals surface area contributed by atoms with Crippen molar-refractivity contribution in [2.45, 2.75) is 12.5 Å². The average molecular weight is 304 g/mol. The van der Waals surface area contributed by atoms with Crippen molar-refractivity contribution in [3.05, 3.63) is 35.6 Å². The lowest BCUT2D eigenvalue weighted by Crippen LogP contribution is -2.33. The number of rotatable bonds is 4. The monoisotopic (exact) mass is 304 g/mol. The predicted octanol–water partition coefficient (Wildman–Crippen LogP) is 1.21. The summed E-state index contributed by atoms with van der Waals surface area (Å²) in [6, 6.07) is -0.0295. The summed E-state index contributed by atoms with van der Waals surface area (Å²) in [5, 5.41) is 18.6. The zero-order valence-electron chi connectivity index (χ0n) is 11.6. The van der Waals surface area contributed by atoms with Gasteiger partial charge in [-0.2, -0.15) is 5.10 Å². The van der Waals surface area contributed by atoms with Gasteiger partial charge < -0.3 is 10.4 Å². The van der Waals surface area contributed by atoms with Crippen molar-refractivity contribution in [1.29, 1.82) is 0 Å². The molecule has 0 aromatic carbocycles. The van der Waals surface area contributed by atoms with Crippen LogP contribution in [0, 0.1) is 5.92 Å². The van der Waals surface area contributed by atoms with Crippen LogP contribution in [0.3, 0.4) is 0 Å². The van der Waals surface area contributed by atoms with E-state index >= 15 is 0 Å². The molecule has 0 aliphatic heterocycles. The van der Waals surface area contributed by atoms with Crippen LogP contribution in [0.25, 0.3) is 10.6 Å². The van der Waals surface area contributed by atoms with Crippen molar-refractivity contribution >= 4 is 17.2 Å². The van der Waals surface area contributed by atoms with E-state index in [2.05, 4.69) is 15.4 Å². The lowest BCUT2D eigenvalue weighted by atomic mass is 10.1. The number of thiazole rings is 1. The largest absolute Gasteiger partial charge is 0.396 e. The van der Waals surface area contributed by atoms with Crippen molar-refractivity contribution in [2.24, 2.45) is 13.0 Å². The second-order valence-corrected chi connectivity index (χ2v) is 5.94. The van der Waals surface area contributed by atoms with Crippen LogP contribution in [0.15, 0.2) is 29.9 Å². The maximum atomic E-state index is 12.2. The summed E-state index contributed by atoms with van der Waals surface area (Å²) in [6.07, 6.45) is 8.19. The molecule has 0 radical (unpaired) electrons. The minimum Gasteiger partial charge on any atom is -0.396 e. The first kappa shape index (κ1) is 14.0. The molecule has 0 unspecified atom stereocenters. The van der Waals surface area contributed by atoms with Gasteiger partial charge in [0.15, 0.2) is 0 Å². The zero-order valence-corrected chi connectivity index (χ0v) is 12.4. The van der Waals surface area contributed by atoms with Gasteiger partial charge in [-0.15, -0.1) is 11.3 Å². The van der Waals surface area contributed by atoms with E-state index in [0.29, 0.717) is 5.69 Å². The van der Waals surface area contributed by atoms with E-state index in [9.17, 15) is 4.79 Å². The Labute approximate surface area is 126 Å². The molecule has 6 nitrogen and oxygen atoms in total. The molecule has 2 aromatic heterocycles. The second-order valence-electron chi connectivity index (χ2n) is 5.08. The first-order valence-corrected chi connectivity index (χ1v) is 7.58. The molecular formula is C14H16N4O2S. The summed E-state index contributed by atoms with van der Waals surface area (Å²) in [5.41, 5.74) is 1.32. The van der Waals surface area contributed by atoms with E-state index in [1.165, 1.54) is 11.3 Å². The molecule has 21 heavy (non-hydrogen) atoms. The van der Waals surface area contributed by atoms with Crippen molar-refractivity contribution < 1.29 is 9.90 Å². The van der Waals surface area contributed by atoms with Gasteiger partial charge in [0.2, 0.25) is 0 Å². The van der Waals surface area contributed by atoms with E-state index in [1.807, 2.05) is 25.4 Å². The maximum Gasteiger partial charge on any atom is 0.271 e. The quantitative estimate of drug-likeness (QED) is 0.832. The summed E-state index contributed by atoms with van der Waals surface area (Å²) in [4.78, 5) is 16.5. The van der Waals surface area contributed by atoms with Crippen molar-refractivity contribution in [1.82, 2.24) is 20.1 Å². The Morgan fingerprint density at radius 1 is 1.57 bits per heavy atom. The van der Waals surface area contributed by atoms with Gasteiger partial charge >= 0.3 is 0 Å². The molecular weight excluding hydrogens is 288 g/mol. The number of nitrogens with one attached hydrogen (secondary N) is 1. The fourth-order valence-electron chi connectivity index (χ4n) is 2.30. The lowest BCUT2D eigenvalue weighted by Gasteiger charge is -2.11. The number of nitrogens with zero attached hydrogens (tertiary/aromatic N) is 3. The van der Waals surface area contributed by atoms with Gasteiger partial charge in [-0.1, -0.05) is 12.2 Å². The van der Waals surface area contributed by atoms with Crippen LogP contribution in [0.5, 0.6) is 0 Å². The van der Waals surface area contributed by atoms with E-state index in [-0.39, 0.29) is 24.5 Å². The Morgan fingerprint density at radius 3 is 3.10 bits per heavy atom. The van der Waals surface area contributed by atoms with Crippen LogP contribution in [0.1, 0.15) is 16.9 Å². The number of amides is 1. The molecule has 2 aromatic rings. The molecule has 0 fully saturated rings. The summed E-state index contributed by atoms with van der Waals surface area (Å²) < 4.78 is 1.70. The van der Waals surface area contributed by atoms with Crippen LogP contribution in [0.4, 0.5) is 0 Å². The molecule has 0 saturated carbocycles. The van der Waals surface area contributed by atoms with Gasteiger partial charge in [0.05, 0.1) is 6.20 Å². The maximum absolute atomic E-state index is 12.2. The topological polar surface area (TPSA) is 80.0 Å². The summed E-state index contributed by atoms with van der Waals surface area (Å²) in [7, 11) is 1.84. The van der Waals surface area contributed by atoms with Crippen LogP contribution in [-0.2, 0) is 7.05 Å². The minimum absolute atomic E-state index is 0.0295. The smallest absolute Gasteiger partial charge is 0.271 e. The number of aromatic nitrogens is 3. The zero-order chi connectivity index (χ0) is 14.8. The molecule has 1 aliphatic carbocycles. The number of carbonyl (C=O) groups is 1. The first-order valence-electron chi connectivity index (χ1n) is 6.70. The SMILES string of the molecule is Cn1cc(-c2nc(C(=O)N[C@@H]3C=C[C@H](CO)C3)cs2)cn1. The molecule has 2 N–H and O–H groups in total. The Hall–Kier alpha value is -1.99. The third-order valence-electron chi connectivity index (χ3n) is 3.41. The van der Waals surface area contributed by atoms with E-state index in [1.54, 1.807) is 16.3 Å². The van der Waals surface area contributed by atoms with Gasteiger partial charge in [0.25, 0.3) is 5.91 Å². The molecule has 110 valence electrons. The Balaban J connectivity index is 1.66. The normalized spacial score (nSPS) is 20.9. The van der Waals surface area contributed by atoms with Gasteiger partial charge in [0, 0.05) is 42.8 Å². The number of aryl methyl sites for hydroxylation is 1. The number of aliphatic hydroxyl groups is 1. The highest BCUT2D eigenvalue weighted by Crippen LogP contribution is 2.23. The Kier molecular flexibility index (Phi) is 3.85. The van der Waals surface area contributed by atoms with E-state index in [0.717, 1.165) is 17.0 Å². The number of carbonyl (C=O) groups excluding carboxylic acids is 1. The molecule has 2 heterocycles. The fraction of sp³-hybridized carbons (Fsp3) is 0.357. The predicted molar refractivity (Wildman–Crippen MR) is 79.9 cm³/mol. The van der Waals surface area contributed by atoms with E-state index < -0.39 is 0 Å². The number of hydrogen-bond donors (Lipinski definition) is 2. The van der Waals surface area contributed by atoms with Crippen LogP contribution in [0.2, 0.25) is 0 Å². The Morgan fingerprint density at radius 2 is 2.43 bits per heavy atom. The first-order chi connectivity index (χ1) is 10.2. The van der Waals surface area contributed by atoms with Crippen molar-refractivity contribution in [3.63, 3.8) is 0 Å². The number of aliphatic hydroxyl groups excluding tert-OH is 1. The summed E-state index contributed by atoms with van der Waals surface area (Å²) >= 11 is 1.42. The van der Waals surface area contributed by atoms with Crippen LogP contribution in [-0.4, -0.2) is 38.4 Å². The molecule has 0 bridgehead atoms. The number of hydrogen-bond acceptors (Lipinski definition) is 5. The van der Waals surface area contributed by atoms with Crippen LogP contribution < -0.4 is 5.32 Å². The molecule has 2 atom stereocenters. The lowest BCUT2D eigenvalue weighted by molar-refractivity contribution is 0.0937. The van der Waals surface area contributed by atoms with Crippen LogP contribution >= 0.6 is 11.3 Å². The van der Waals surface area contributed by atoms with Gasteiger partial charge in [-0.25, -0.2) is 4.98 Å². The summed E-state index contributed by atoms with van der Waals surface area (Å²) in [6.45, 7) is 0.116. The van der Waals surface area contributed by atoms with Gasteiger partial charge in [-0.3, -0.25) is 9.48 Å². The molecule has 7 heteroatoms. The molecule has 1 amide bonds. The third kappa shape index (κ3) is 3.03. The second kappa shape index (κ2) is 5.79. The highest BCUT2D eigenvalue weighted by Gasteiger charge is 2.21. The van der Waals surface area contributed by atoms with Gasteiger partial charge in [-0.05, 0) is 6.42 Å². The molecule has 3 rings (SSSR count). The molecule has 0 saturated heterocycles. The highest BCUT2D eigenvalue weighted by molar-refractivity contribution is 7.13. The van der Waals surface area contributed by atoms with E-state index in [4.69, 9.17) is 5.11 Å². The third-order valence-corrected chi connectivity index (χ3v) is 4.30. The molecule has 0 spiro atoms. The van der Waals surface area contributed by atoms with Crippen molar-refractivity contribution in [2.75, 3.05) is 6.61 Å². The average Bonchev–Trinajstić information content (AvgIpc) is 3.17. The van der Waals surface area contributed by atoms with Crippen molar-refractivity contribution in [3.8, 4) is 10.6 Å². The standard InChI is InChI=1S/C14H16N4O2S/c1-18-6-10(5-15-18)14-17-12(8-21-14)13(20)16-11-3-2-9(4-11)7-19/h2-3,5-6,8-9,11,19H,4,7H2,1H3,(H,16,20)/t9-,11+/m0/s1.